The fourth-order valence-electron chi connectivity index (χ4n) is 1.01. The zero-order valence-corrected chi connectivity index (χ0v) is 7.95. The average molecular weight is 198 g/mol. The van der Waals surface area contributed by atoms with Gasteiger partial charge in [0.25, 0.3) is 5.91 Å². The maximum atomic E-state index is 11.5. The minimum atomic E-state index is -0.346. The van der Waals surface area contributed by atoms with Crippen molar-refractivity contribution >= 4 is 11.6 Å². The van der Waals surface area contributed by atoms with Crippen LogP contribution in [0.4, 0.5) is 5.69 Å². The molecule has 0 saturated heterocycles. The van der Waals surface area contributed by atoms with Crippen LogP contribution in [0.1, 0.15) is 23.8 Å². The zero-order chi connectivity index (χ0) is 10.6. The molecular weight excluding hydrogens is 184 g/mol. The Morgan fingerprint density at radius 1 is 1.86 bits per heavy atom. The number of aromatic nitrogens is 2. The number of rotatable bonds is 4. The third-order valence-corrected chi connectivity index (χ3v) is 1.94. The number of nitrogen functional groups attached to an aromatic ring is 1. The molecule has 78 valence electrons. The van der Waals surface area contributed by atoms with Gasteiger partial charge in [-0.25, -0.2) is 0 Å². The summed E-state index contributed by atoms with van der Waals surface area (Å²) in [6, 6.07) is -0.245. The molecule has 5 N–H and O–H groups in total. The number of H-pyrrole nitrogens is 1. The van der Waals surface area contributed by atoms with E-state index in [4.69, 9.17) is 10.8 Å². The Balaban J connectivity index is 2.63. The lowest BCUT2D eigenvalue weighted by atomic mass is 10.2. The Hall–Kier alpha value is -1.56. The van der Waals surface area contributed by atoms with Crippen molar-refractivity contribution in [3.8, 4) is 0 Å². The molecule has 6 nitrogen and oxygen atoms in total. The van der Waals surface area contributed by atoms with Crippen LogP contribution in [-0.2, 0) is 0 Å². The quantitative estimate of drug-likeness (QED) is 0.523. The summed E-state index contributed by atoms with van der Waals surface area (Å²) < 4.78 is 0. The van der Waals surface area contributed by atoms with Gasteiger partial charge in [0.05, 0.1) is 24.5 Å². The smallest absolute Gasteiger partial charge is 0.271 e. The highest BCUT2D eigenvalue weighted by Gasteiger charge is 2.14. The van der Waals surface area contributed by atoms with Crippen molar-refractivity contribution in [3.05, 3.63) is 11.9 Å². The third kappa shape index (κ3) is 2.23. The lowest BCUT2D eigenvalue weighted by molar-refractivity contribution is 0.0911. The highest BCUT2D eigenvalue weighted by molar-refractivity contribution is 5.97. The Morgan fingerprint density at radius 2 is 2.57 bits per heavy atom. The fraction of sp³-hybridized carbons (Fsp3) is 0.500. The van der Waals surface area contributed by atoms with E-state index in [1.165, 1.54) is 6.20 Å². The molecule has 6 heteroatoms. The summed E-state index contributed by atoms with van der Waals surface area (Å²) in [5, 5.41) is 17.6. The van der Waals surface area contributed by atoms with Crippen LogP contribution in [-0.4, -0.2) is 33.9 Å². The van der Waals surface area contributed by atoms with Gasteiger partial charge in [0.1, 0.15) is 5.69 Å². The SMILES string of the molecule is CC[C@@H](CO)NC(=O)c1[nH]ncc1N. The van der Waals surface area contributed by atoms with E-state index in [0.717, 1.165) is 0 Å². The number of hydrogen-bond donors (Lipinski definition) is 4. The van der Waals surface area contributed by atoms with Gasteiger partial charge in [-0.1, -0.05) is 6.92 Å². The van der Waals surface area contributed by atoms with Gasteiger partial charge in [0.15, 0.2) is 0 Å². The second-order valence-electron chi connectivity index (χ2n) is 2.96. The highest BCUT2D eigenvalue weighted by Crippen LogP contribution is 2.05. The number of aromatic amines is 1. The van der Waals surface area contributed by atoms with Crippen LogP contribution in [0.5, 0.6) is 0 Å². The van der Waals surface area contributed by atoms with Gasteiger partial charge in [-0.05, 0) is 6.42 Å². The monoisotopic (exact) mass is 198 g/mol. The third-order valence-electron chi connectivity index (χ3n) is 1.94. The molecule has 0 fully saturated rings. The second-order valence-corrected chi connectivity index (χ2v) is 2.96. The van der Waals surface area contributed by atoms with Crippen molar-refractivity contribution in [1.82, 2.24) is 15.5 Å². The van der Waals surface area contributed by atoms with E-state index in [-0.39, 0.29) is 24.2 Å². The number of carbonyl (C=O) groups is 1. The van der Waals surface area contributed by atoms with Crippen molar-refractivity contribution in [2.45, 2.75) is 19.4 Å². The van der Waals surface area contributed by atoms with Crippen molar-refractivity contribution in [2.75, 3.05) is 12.3 Å². The maximum absolute atomic E-state index is 11.5. The summed E-state index contributed by atoms with van der Waals surface area (Å²) in [7, 11) is 0. The Morgan fingerprint density at radius 3 is 3.00 bits per heavy atom. The van der Waals surface area contributed by atoms with Crippen LogP contribution in [0, 0.1) is 0 Å². The van der Waals surface area contributed by atoms with Crippen LogP contribution in [0.15, 0.2) is 6.20 Å². The van der Waals surface area contributed by atoms with Crippen molar-refractivity contribution < 1.29 is 9.90 Å². The molecule has 1 aromatic rings. The number of aliphatic hydroxyl groups excluding tert-OH is 1. The number of anilines is 1. The molecule has 0 aliphatic rings. The first-order chi connectivity index (χ1) is 6.69. The topological polar surface area (TPSA) is 104 Å². The highest BCUT2D eigenvalue weighted by atomic mass is 16.3. The molecule has 1 atom stereocenters. The van der Waals surface area contributed by atoms with Gasteiger partial charge >= 0.3 is 0 Å². The summed E-state index contributed by atoms with van der Waals surface area (Å²) in [6.45, 7) is 1.79. The van der Waals surface area contributed by atoms with Crippen molar-refractivity contribution in [3.63, 3.8) is 0 Å². The van der Waals surface area contributed by atoms with Gasteiger partial charge in [0.2, 0.25) is 0 Å². The molecular formula is C8H14N4O2. The number of hydrogen-bond acceptors (Lipinski definition) is 4. The number of aliphatic hydroxyl groups is 1. The van der Waals surface area contributed by atoms with Crippen LogP contribution < -0.4 is 11.1 Å². The van der Waals surface area contributed by atoms with E-state index in [1.54, 1.807) is 0 Å². The summed E-state index contributed by atoms with van der Waals surface area (Å²) in [4.78, 5) is 11.5. The van der Waals surface area contributed by atoms with Crippen molar-refractivity contribution in [1.29, 1.82) is 0 Å². The van der Waals surface area contributed by atoms with Crippen LogP contribution in [0.2, 0.25) is 0 Å². The molecule has 0 aliphatic carbocycles. The molecule has 1 rings (SSSR count). The largest absolute Gasteiger partial charge is 0.396 e. The molecule has 1 heterocycles. The standard InChI is InChI=1S/C8H14N4O2/c1-2-5(4-13)11-8(14)7-6(9)3-10-12-7/h3,5,13H,2,4,9H2,1H3,(H,10,12)(H,11,14)/t5-/m0/s1. The molecule has 0 radical (unpaired) electrons. The number of carbonyl (C=O) groups excluding carboxylic acids is 1. The first-order valence-corrected chi connectivity index (χ1v) is 4.39. The van der Waals surface area contributed by atoms with Gasteiger partial charge in [-0.3, -0.25) is 9.89 Å². The molecule has 0 spiro atoms. The fourth-order valence-corrected chi connectivity index (χ4v) is 1.01. The van der Waals surface area contributed by atoms with Gasteiger partial charge in [-0.2, -0.15) is 5.10 Å². The predicted octanol–water partition coefficient (Wildman–Crippen LogP) is -0.507. The van der Waals surface area contributed by atoms with E-state index in [1.807, 2.05) is 6.92 Å². The molecule has 0 aromatic carbocycles. The first kappa shape index (κ1) is 10.5. The molecule has 0 unspecified atom stereocenters. The van der Waals surface area contributed by atoms with Crippen LogP contribution in [0.25, 0.3) is 0 Å². The van der Waals surface area contributed by atoms with Crippen LogP contribution >= 0.6 is 0 Å². The lowest BCUT2D eigenvalue weighted by Gasteiger charge is -2.12. The summed E-state index contributed by atoms with van der Waals surface area (Å²) in [5.74, 6) is -0.346. The average Bonchev–Trinajstić information content (AvgIpc) is 2.60. The summed E-state index contributed by atoms with van der Waals surface area (Å²) >= 11 is 0. The predicted molar refractivity (Wildman–Crippen MR) is 51.6 cm³/mol. The molecule has 0 saturated carbocycles. The molecule has 0 bridgehead atoms. The minimum absolute atomic E-state index is 0.0870. The maximum Gasteiger partial charge on any atom is 0.271 e. The Kier molecular flexibility index (Phi) is 3.47. The number of nitrogens with one attached hydrogen (secondary N) is 2. The van der Waals surface area contributed by atoms with E-state index in [0.29, 0.717) is 12.1 Å². The number of nitrogens with two attached hydrogens (primary N) is 1. The number of nitrogens with zero attached hydrogens (tertiary/aromatic N) is 1. The summed E-state index contributed by atoms with van der Waals surface area (Å²) in [6.07, 6.45) is 2.03. The van der Waals surface area contributed by atoms with Crippen LogP contribution in [0.3, 0.4) is 0 Å². The van der Waals surface area contributed by atoms with Gasteiger partial charge < -0.3 is 16.2 Å². The van der Waals surface area contributed by atoms with Gasteiger partial charge in [-0.15, -0.1) is 0 Å². The molecule has 0 aliphatic heterocycles. The molecule has 1 aromatic heterocycles. The molecule has 14 heavy (non-hydrogen) atoms. The summed E-state index contributed by atoms with van der Waals surface area (Å²) in [5.41, 5.74) is 6.02. The normalized spacial score (nSPS) is 12.4. The van der Waals surface area contributed by atoms with E-state index in [9.17, 15) is 4.79 Å². The van der Waals surface area contributed by atoms with Crippen molar-refractivity contribution in [2.24, 2.45) is 0 Å². The molecule has 1 amide bonds. The Labute approximate surface area is 81.5 Å². The van der Waals surface area contributed by atoms with Gasteiger partial charge in [0, 0.05) is 0 Å². The second kappa shape index (κ2) is 4.61. The minimum Gasteiger partial charge on any atom is -0.396 e. The lowest BCUT2D eigenvalue weighted by Crippen LogP contribution is -2.37. The van der Waals surface area contributed by atoms with E-state index >= 15 is 0 Å². The first-order valence-electron chi connectivity index (χ1n) is 4.39. The number of amides is 1. The zero-order valence-electron chi connectivity index (χ0n) is 7.95. The van der Waals surface area contributed by atoms with E-state index in [2.05, 4.69) is 15.5 Å². The Bertz CT molecular complexity index is 306. The van der Waals surface area contributed by atoms with E-state index < -0.39 is 0 Å².